The molecule has 1 heterocycles. The molecule has 2 N–H and O–H groups in total. The van der Waals surface area contributed by atoms with Crippen molar-refractivity contribution in [2.24, 2.45) is 0 Å². The highest BCUT2D eigenvalue weighted by atomic mass is 79.9. The maximum absolute atomic E-state index is 10.8. The Morgan fingerprint density at radius 2 is 2.05 bits per heavy atom. The van der Waals surface area contributed by atoms with Gasteiger partial charge in [-0.15, -0.1) is 0 Å². The van der Waals surface area contributed by atoms with E-state index in [-0.39, 0.29) is 5.69 Å². The van der Waals surface area contributed by atoms with Gasteiger partial charge in [0.25, 0.3) is 0 Å². The van der Waals surface area contributed by atoms with E-state index in [9.17, 15) is 4.79 Å². The second-order valence-electron chi connectivity index (χ2n) is 3.71. The number of rotatable bonds is 4. The van der Waals surface area contributed by atoms with Crippen molar-refractivity contribution in [2.75, 3.05) is 12.4 Å². The van der Waals surface area contributed by atoms with Crippen LogP contribution < -0.4 is 10.1 Å². The number of pyridine rings is 1. The lowest BCUT2D eigenvalue weighted by Gasteiger charge is -2.09. The van der Waals surface area contributed by atoms with Crippen molar-refractivity contribution in [3.8, 4) is 5.75 Å². The molecule has 0 aliphatic rings. The molecule has 0 fully saturated rings. The fourth-order valence-corrected chi connectivity index (χ4v) is 2.08. The molecule has 0 saturated carbocycles. The number of aromatic nitrogens is 1. The zero-order chi connectivity index (χ0) is 13.8. The van der Waals surface area contributed by atoms with Gasteiger partial charge >= 0.3 is 5.97 Å². The summed E-state index contributed by atoms with van der Waals surface area (Å²) in [5, 5.41) is 12.0. The maximum atomic E-state index is 10.8. The van der Waals surface area contributed by atoms with Crippen LogP contribution in [-0.4, -0.2) is 23.2 Å². The first kappa shape index (κ1) is 13.4. The molecule has 19 heavy (non-hydrogen) atoms. The van der Waals surface area contributed by atoms with Crippen LogP contribution in [0.5, 0.6) is 5.75 Å². The molecule has 0 unspecified atom stereocenters. The summed E-state index contributed by atoms with van der Waals surface area (Å²) in [4.78, 5) is 14.6. The number of carbonyl (C=O) groups is 1. The van der Waals surface area contributed by atoms with Crippen LogP contribution in [0.1, 0.15) is 10.5 Å². The number of anilines is 2. The molecule has 0 amide bonds. The molecule has 5 nitrogen and oxygen atoms in total. The monoisotopic (exact) mass is 322 g/mol. The van der Waals surface area contributed by atoms with E-state index < -0.39 is 5.97 Å². The molecule has 0 atom stereocenters. The average molecular weight is 323 g/mol. The number of carboxylic acids is 1. The molecule has 0 bridgehead atoms. The number of hydrogen-bond acceptors (Lipinski definition) is 4. The predicted octanol–water partition coefficient (Wildman–Crippen LogP) is 3.29. The van der Waals surface area contributed by atoms with E-state index >= 15 is 0 Å². The molecule has 2 aromatic rings. The van der Waals surface area contributed by atoms with Gasteiger partial charge in [-0.3, -0.25) is 0 Å². The summed E-state index contributed by atoms with van der Waals surface area (Å²) in [5.74, 6) is -0.328. The molecular weight excluding hydrogens is 312 g/mol. The number of aromatic carboxylic acids is 1. The van der Waals surface area contributed by atoms with E-state index in [2.05, 4.69) is 26.2 Å². The number of benzene rings is 1. The topological polar surface area (TPSA) is 71.5 Å². The molecule has 0 aliphatic heterocycles. The zero-order valence-electron chi connectivity index (χ0n) is 10.1. The van der Waals surface area contributed by atoms with Gasteiger partial charge in [0.05, 0.1) is 11.6 Å². The lowest BCUT2D eigenvalue weighted by Crippen LogP contribution is -2.01. The molecule has 0 aliphatic carbocycles. The van der Waals surface area contributed by atoms with Crippen molar-refractivity contribution in [3.63, 3.8) is 0 Å². The first-order valence-corrected chi connectivity index (χ1v) is 6.19. The minimum Gasteiger partial charge on any atom is -0.496 e. The lowest BCUT2D eigenvalue weighted by molar-refractivity contribution is 0.0690. The number of hydrogen-bond donors (Lipinski definition) is 2. The van der Waals surface area contributed by atoms with E-state index in [0.717, 1.165) is 15.9 Å². The first-order chi connectivity index (χ1) is 9.10. The highest BCUT2D eigenvalue weighted by Crippen LogP contribution is 2.29. The van der Waals surface area contributed by atoms with Crippen molar-refractivity contribution in [3.05, 3.63) is 46.7 Å². The van der Waals surface area contributed by atoms with Gasteiger partial charge in [0.1, 0.15) is 11.4 Å². The Morgan fingerprint density at radius 1 is 1.32 bits per heavy atom. The third-order valence-electron chi connectivity index (χ3n) is 2.42. The molecule has 1 aromatic carbocycles. The van der Waals surface area contributed by atoms with Crippen LogP contribution in [0.15, 0.2) is 41.0 Å². The molecule has 98 valence electrons. The number of nitrogens with one attached hydrogen (secondary N) is 1. The number of ether oxygens (including phenoxy) is 1. The normalized spacial score (nSPS) is 10.0. The Kier molecular flexibility index (Phi) is 4.01. The van der Waals surface area contributed by atoms with Crippen molar-refractivity contribution < 1.29 is 14.6 Å². The first-order valence-electron chi connectivity index (χ1n) is 5.40. The SMILES string of the molecule is COc1ccc(Nc2ccnc(C(=O)O)c2)cc1Br. The van der Waals surface area contributed by atoms with Gasteiger partial charge in [-0.2, -0.15) is 0 Å². The fourth-order valence-electron chi connectivity index (χ4n) is 1.54. The molecule has 2 rings (SSSR count). The van der Waals surface area contributed by atoms with Crippen molar-refractivity contribution >= 4 is 33.3 Å². The number of carboxylic acid groups (broad SMARTS) is 1. The number of nitrogens with zero attached hydrogens (tertiary/aromatic N) is 1. The Balaban J connectivity index is 2.23. The van der Waals surface area contributed by atoms with E-state index in [4.69, 9.17) is 9.84 Å². The molecule has 6 heteroatoms. The summed E-state index contributed by atoms with van der Waals surface area (Å²) in [6.07, 6.45) is 1.45. The largest absolute Gasteiger partial charge is 0.496 e. The van der Waals surface area contributed by atoms with Gasteiger partial charge in [-0.25, -0.2) is 9.78 Å². The van der Waals surface area contributed by atoms with Crippen LogP contribution in [0, 0.1) is 0 Å². The summed E-state index contributed by atoms with van der Waals surface area (Å²) in [6.45, 7) is 0. The second kappa shape index (κ2) is 5.71. The van der Waals surface area contributed by atoms with Gasteiger partial charge in [0.2, 0.25) is 0 Å². The van der Waals surface area contributed by atoms with E-state index in [1.54, 1.807) is 13.2 Å². The van der Waals surface area contributed by atoms with Crippen molar-refractivity contribution in [2.45, 2.75) is 0 Å². The van der Waals surface area contributed by atoms with Crippen molar-refractivity contribution in [1.29, 1.82) is 0 Å². The van der Waals surface area contributed by atoms with Crippen LogP contribution in [0.3, 0.4) is 0 Å². The average Bonchev–Trinajstić information content (AvgIpc) is 2.39. The second-order valence-corrected chi connectivity index (χ2v) is 4.56. The maximum Gasteiger partial charge on any atom is 0.354 e. The van der Waals surface area contributed by atoms with Crippen LogP contribution in [0.4, 0.5) is 11.4 Å². The Labute approximate surface area is 118 Å². The van der Waals surface area contributed by atoms with Gasteiger partial charge in [0.15, 0.2) is 0 Å². The summed E-state index contributed by atoms with van der Waals surface area (Å²) in [7, 11) is 1.59. The molecule has 0 radical (unpaired) electrons. The van der Waals surface area contributed by atoms with Gasteiger partial charge in [-0.05, 0) is 46.3 Å². The summed E-state index contributed by atoms with van der Waals surface area (Å²) < 4.78 is 5.95. The molecule has 0 saturated heterocycles. The van der Waals surface area contributed by atoms with Crippen molar-refractivity contribution in [1.82, 2.24) is 4.98 Å². The van der Waals surface area contributed by atoms with Gasteiger partial charge in [-0.1, -0.05) is 0 Å². The molecular formula is C13H11BrN2O3. The predicted molar refractivity (Wildman–Crippen MR) is 75.2 cm³/mol. The van der Waals surface area contributed by atoms with Gasteiger partial charge in [0, 0.05) is 17.6 Å². The summed E-state index contributed by atoms with van der Waals surface area (Å²) in [5.41, 5.74) is 1.47. The number of halogens is 1. The Morgan fingerprint density at radius 3 is 2.68 bits per heavy atom. The molecule has 0 spiro atoms. The van der Waals surface area contributed by atoms with Crippen LogP contribution >= 0.6 is 15.9 Å². The minimum atomic E-state index is -1.06. The summed E-state index contributed by atoms with van der Waals surface area (Å²) in [6, 6.07) is 8.67. The third-order valence-corrected chi connectivity index (χ3v) is 3.04. The van der Waals surface area contributed by atoms with Crippen LogP contribution in [0.2, 0.25) is 0 Å². The van der Waals surface area contributed by atoms with Crippen LogP contribution in [0.25, 0.3) is 0 Å². The van der Waals surface area contributed by atoms with Crippen LogP contribution in [-0.2, 0) is 0 Å². The lowest BCUT2D eigenvalue weighted by atomic mass is 10.2. The quantitative estimate of drug-likeness (QED) is 0.903. The smallest absolute Gasteiger partial charge is 0.354 e. The van der Waals surface area contributed by atoms with E-state index in [1.165, 1.54) is 12.3 Å². The number of methoxy groups -OCH3 is 1. The highest BCUT2D eigenvalue weighted by molar-refractivity contribution is 9.10. The van der Waals surface area contributed by atoms with E-state index in [1.807, 2.05) is 18.2 Å². The van der Waals surface area contributed by atoms with Gasteiger partial charge < -0.3 is 15.2 Å². The zero-order valence-corrected chi connectivity index (χ0v) is 11.6. The minimum absolute atomic E-state index is 0.00224. The Hall–Kier alpha value is -2.08. The fraction of sp³-hybridized carbons (Fsp3) is 0.0769. The summed E-state index contributed by atoms with van der Waals surface area (Å²) >= 11 is 3.39. The molecule has 1 aromatic heterocycles. The highest BCUT2D eigenvalue weighted by Gasteiger charge is 2.06. The standard InChI is InChI=1S/C13H11BrN2O3/c1-19-12-3-2-8(6-10(12)14)16-9-4-5-15-11(7-9)13(17)18/h2-7H,1H3,(H,15,16)(H,17,18). The third kappa shape index (κ3) is 3.23. The Bertz CT molecular complexity index is 617. The van der Waals surface area contributed by atoms with E-state index in [0.29, 0.717) is 5.69 Å².